The normalized spacial score (nSPS) is 13.6. The Morgan fingerprint density at radius 2 is 2.05 bits per heavy atom. The molecule has 3 aromatic rings. The Kier molecular flexibility index (Phi) is 2.67. The number of fused-ring (bicyclic) bond motifs is 2. The number of halogens is 1. The quantitative estimate of drug-likeness (QED) is 0.613. The molecule has 0 aliphatic carbocycles. The maximum atomic E-state index is 6.06. The summed E-state index contributed by atoms with van der Waals surface area (Å²) in [6.07, 6.45) is 1.49. The van der Waals surface area contributed by atoms with Gasteiger partial charge in [-0.3, -0.25) is 0 Å². The summed E-state index contributed by atoms with van der Waals surface area (Å²) in [5, 5.41) is 0.834. The molecule has 2 nitrogen and oxygen atoms in total. The summed E-state index contributed by atoms with van der Waals surface area (Å²) in [5.41, 5.74) is 5.61. The van der Waals surface area contributed by atoms with Crippen molar-refractivity contribution in [3.8, 4) is 0 Å². The van der Waals surface area contributed by atoms with Gasteiger partial charge >= 0.3 is 125 Å². The third kappa shape index (κ3) is 1.90. The number of benzene rings is 2. The molecular formula is C15H8ClNOSn. The average Bonchev–Trinajstić information content (AvgIpc) is 3.02. The van der Waals surface area contributed by atoms with Gasteiger partial charge in [0, 0.05) is 0 Å². The van der Waals surface area contributed by atoms with Gasteiger partial charge < -0.3 is 0 Å². The van der Waals surface area contributed by atoms with E-state index in [1.54, 1.807) is 0 Å². The molecule has 2 radical (unpaired) electrons. The Morgan fingerprint density at radius 3 is 3.00 bits per heavy atom. The molecule has 0 saturated heterocycles. The predicted octanol–water partition coefficient (Wildman–Crippen LogP) is 3.21. The first-order valence-electron chi connectivity index (χ1n) is 5.91. The molecular weight excluding hydrogens is 364 g/mol. The van der Waals surface area contributed by atoms with Gasteiger partial charge in [0.25, 0.3) is 0 Å². The van der Waals surface area contributed by atoms with Gasteiger partial charge in [-0.15, -0.1) is 0 Å². The predicted molar refractivity (Wildman–Crippen MR) is 77.9 cm³/mol. The number of rotatable bonds is 1. The summed E-state index contributed by atoms with van der Waals surface area (Å²) in [7, 11) is 0. The Hall–Kier alpha value is -1.26. The minimum atomic E-state index is -0.637. The van der Waals surface area contributed by atoms with E-state index in [0.29, 0.717) is 0 Å². The number of oxazole rings is 1. The maximum absolute atomic E-state index is 6.06. The Balaban J connectivity index is 1.86. The van der Waals surface area contributed by atoms with E-state index in [1.807, 2.05) is 12.1 Å². The molecule has 0 unspecified atom stereocenters. The molecule has 0 amide bonds. The zero-order valence-corrected chi connectivity index (χ0v) is 13.5. The van der Waals surface area contributed by atoms with Crippen LogP contribution in [0.3, 0.4) is 0 Å². The summed E-state index contributed by atoms with van der Waals surface area (Å²) < 4.78 is 9.14. The summed E-state index contributed by atoms with van der Waals surface area (Å²) in [5.74, 6) is 0. The van der Waals surface area contributed by atoms with Crippen molar-refractivity contribution < 1.29 is 4.42 Å². The van der Waals surface area contributed by atoms with Crippen LogP contribution in [0.2, 0.25) is 5.02 Å². The molecule has 0 fully saturated rings. The second kappa shape index (κ2) is 4.39. The molecule has 0 spiro atoms. The summed E-state index contributed by atoms with van der Waals surface area (Å²) in [6.45, 7) is 0. The van der Waals surface area contributed by atoms with E-state index in [0.717, 1.165) is 16.1 Å². The molecule has 0 atom stereocenters. The zero-order chi connectivity index (χ0) is 12.8. The molecule has 1 aliphatic heterocycles. The molecule has 1 aromatic heterocycles. The van der Waals surface area contributed by atoms with Crippen molar-refractivity contribution in [2.75, 3.05) is 0 Å². The molecule has 2 aromatic carbocycles. The van der Waals surface area contributed by atoms with Crippen molar-refractivity contribution in [3.05, 3.63) is 63.0 Å². The minimum absolute atomic E-state index is 0.637. The summed E-state index contributed by atoms with van der Waals surface area (Å²) >= 11 is 5.43. The van der Waals surface area contributed by atoms with Crippen molar-refractivity contribution in [3.63, 3.8) is 0 Å². The Morgan fingerprint density at radius 1 is 1.11 bits per heavy atom. The van der Waals surface area contributed by atoms with E-state index >= 15 is 0 Å². The van der Waals surface area contributed by atoms with Gasteiger partial charge in [0.05, 0.1) is 0 Å². The Bertz CT molecular complexity index is 822. The second-order valence-electron chi connectivity index (χ2n) is 4.43. The molecule has 2 heterocycles. The molecule has 0 N–H and O–H groups in total. The van der Waals surface area contributed by atoms with E-state index in [2.05, 4.69) is 33.3 Å². The van der Waals surface area contributed by atoms with Gasteiger partial charge in [-0.2, -0.15) is 0 Å². The third-order valence-corrected chi connectivity index (χ3v) is 6.82. The van der Waals surface area contributed by atoms with Crippen molar-refractivity contribution >= 4 is 53.0 Å². The van der Waals surface area contributed by atoms with Crippen LogP contribution in [0.25, 0.3) is 16.7 Å². The zero-order valence-electron chi connectivity index (χ0n) is 9.85. The van der Waals surface area contributed by atoms with E-state index in [4.69, 9.17) is 16.0 Å². The van der Waals surface area contributed by atoms with Crippen LogP contribution in [0.15, 0.2) is 51.3 Å². The fourth-order valence-electron chi connectivity index (χ4n) is 2.36. The Labute approximate surface area is 125 Å². The fourth-order valence-corrected chi connectivity index (χ4v) is 6.32. The molecule has 19 heavy (non-hydrogen) atoms. The second-order valence-corrected chi connectivity index (χ2v) is 8.05. The van der Waals surface area contributed by atoms with Crippen molar-refractivity contribution in [1.29, 1.82) is 0 Å². The topological polar surface area (TPSA) is 26.0 Å². The van der Waals surface area contributed by atoms with Crippen molar-refractivity contribution in [1.82, 2.24) is 4.98 Å². The molecule has 90 valence electrons. The van der Waals surface area contributed by atoms with Gasteiger partial charge in [-0.1, -0.05) is 0 Å². The fraction of sp³-hybridized carbons (Fsp3) is 0. The van der Waals surface area contributed by atoms with Crippen molar-refractivity contribution in [2.24, 2.45) is 0 Å². The van der Waals surface area contributed by atoms with Crippen LogP contribution in [0.4, 0.5) is 0 Å². The first-order valence-corrected chi connectivity index (χ1v) is 9.37. The first-order chi connectivity index (χ1) is 9.31. The van der Waals surface area contributed by atoms with Crippen LogP contribution < -0.4 is 3.58 Å². The number of aromatic nitrogens is 1. The first kappa shape index (κ1) is 11.6. The van der Waals surface area contributed by atoms with E-state index in [1.165, 1.54) is 26.7 Å². The van der Waals surface area contributed by atoms with Crippen LogP contribution in [0, 0.1) is 0 Å². The van der Waals surface area contributed by atoms with Gasteiger partial charge in [0.15, 0.2) is 0 Å². The van der Waals surface area contributed by atoms with Crippen LogP contribution >= 0.6 is 11.6 Å². The molecule has 4 heteroatoms. The number of hydrogen-bond acceptors (Lipinski definition) is 2. The van der Waals surface area contributed by atoms with Crippen LogP contribution in [0.5, 0.6) is 0 Å². The molecule has 4 rings (SSSR count). The van der Waals surface area contributed by atoms with Crippen molar-refractivity contribution in [2.45, 2.75) is 0 Å². The van der Waals surface area contributed by atoms with Gasteiger partial charge in [-0.05, 0) is 0 Å². The van der Waals surface area contributed by atoms with E-state index in [-0.39, 0.29) is 0 Å². The van der Waals surface area contributed by atoms with Gasteiger partial charge in [0.1, 0.15) is 0 Å². The van der Waals surface area contributed by atoms with E-state index < -0.39 is 21.1 Å². The molecule has 0 saturated carbocycles. The monoisotopic (exact) mass is 373 g/mol. The van der Waals surface area contributed by atoms with Crippen LogP contribution in [-0.4, -0.2) is 26.1 Å². The van der Waals surface area contributed by atoms with E-state index in [9.17, 15) is 0 Å². The number of nitrogens with zero attached hydrogens (tertiary/aromatic N) is 1. The third-order valence-electron chi connectivity index (χ3n) is 3.29. The SMILES string of the molecule is Clc1ccc2[c](c1)[Sn][CH]=C2c1ccc2ocnc2c1. The van der Waals surface area contributed by atoms with Gasteiger partial charge in [0.2, 0.25) is 0 Å². The van der Waals surface area contributed by atoms with Gasteiger partial charge in [-0.25, -0.2) is 0 Å². The average molecular weight is 372 g/mol. The molecule has 0 bridgehead atoms. The van der Waals surface area contributed by atoms with Crippen LogP contribution in [-0.2, 0) is 0 Å². The molecule has 1 aliphatic rings. The standard InChI is InChI=1S/C15H8ClNO.Sn/c1-10(11-2-5-13(16)6-3-11)12-4-7-15-14(8-12)17-9-18-15;/h1-2,4-9H;. The number of hydrogen-bond donors (Lipinski definition) is 0. The summed E-state index contributed by atoms with van der Waals surface area (Å²) in [4.78, 5) is 4.22. The summed E-state index contributed by atoms with van der Waals surface area (Å²) in [6, 6.07) is 12.4. The van der Waals surface area contributed by atoms with Crippen LogP contribution in [0.1, 0.15) is 11.1 Å².